The Morgan fingerprint density at radius 2 is 1.37 bits per heavy atom. The van der Waals surface area contributed by atoms with E-state index in [0.717, 1.165) is 110 Å². The maximum Gasteiger partial charge on any atom is 3.00 e. The molecule has 5 aliphatic heterocycles. The summed E-state index contributed by atoms with van der Waals surface area (Å²) in [5.41, 5.74) is 14.1. The largest absolute Gasteiger partial charge is 3.00 e. The second kappa shape index (κ2) is 29.0. The molecule has 82 heavy (non-hydrogen) atoms. The van der Waals surface area contributed by atoms with Crippen molar-refractivity contribution in [2.75, 3.05) is 64.3 Å². The van der Waals surface area contributed by atoms with E-state index in [2.05, 4.69) is 64.3 Å². The number of fused-ring (bicyclic) bond motifs is 5. The molecule has 1 fully saturated rings. The summed E-state index contributed by atoms with van der Waals surface area (Å²) in [6.45, 7) is 11.6. The molecule has 1 aliphatic carbocycles. The van der Waals surface area contributed by atoms with Crippen LogP contribution in [0.1, 0.15) is 105 Å². The first-order valence-corrected chi connectivity index (χ1v) is 27.8. The molecule has 21 nitrogen and oxygen atoms in total. The number of carboxylic acid groups (broad SMARTS) is 5. The van der Waals surface area contributed by atoms with Crippen molar-refractivity contribution in [3.8, 4) is 0 Å². The summed E-state index contributed by atoms with van der Waals surface area (Å²) in [6, 6.07) is 5.83. The molecule has 0 spiro atoms. The fraction of sp³-hybridized carbons (Fsp3) is 0.483. The quantitative estimate of drug-likeness (QED) is 0.0362. The minimum absolute atomic E-state index is 0. The maximum absolute atomic E-state index is 14.0. The van der Waals surface area contributed by atoms with Crippen molar-refractivity contribution >= 4 is 84.4 Å². The van der Waals surface area contributed by atoms with Crippen LogP contribution in [0.2, 0.25) is 0 Å². The standard InChI is InChI=1S/C60H76N8O13.In/c1-8-10-11-12-21-81-37(7)57-35(5)46-24-45-34(4)42(59(64-45)43-23-50(69)58-36(6)47(65-60(43)58)25-48-41(9-2)33(3)44(62-48)26-49(57)63-46)17-18-51(70)61-39-15-13-38(14-16-39)22-40(68(31-55(77)78)32-56(79)80)27-66(28-52(71)72)19-20-67(29-53(73)74)30-54(75)76;/h13-16,24-26,34,37,40,42,64,69H,8-12,17-23,27-32H2,1-7H3,(H,61,70)(H,71,72)(H,73,74)(H,75,76)(H,77,78)(H,79,80);/q;+3/t34-,37?,40?,42-;/m0./s1/i;1-4. The number of aliphatic imine (C=N–C) groups is 3. The third kappa shape index (κ3) is 16.1. The number of carboxylic acids is 5. The van der Waals surface area contributed by atoms with Crippen LogP contribution >= 0.6 is 0 Å². The summed E-state index contributed by atoms with van der Waals surface area (Å²) in [5, 5.41) is 66.5. The first kappa shape index (κ1) is 64.4. The van der Waals surface area contributed by atoms with Gasteiger partial charge in [-0.15, -0.1) is 0 Å². The number of amides is 1. The van der Waals surface area contributed by atoms with E-state index in [1.807, 2.05) is 13.0 Å². The zero-order chi connectivity index (χ0) is 58.8. The van der Waals surface area contributed by atoms with Crippen LogP contribution in [0.3, 0.4) is 0 Å². The predicted octanol–water partition coefficient (Wildman–Crippen LogP) is 6.92. The number of nitrogens with one attached hydrogen (secondary N) is 2. The Bertz CT molecular complexity index is 3040. The van der Waals surface area contributed by atoms with Crippen molar-refractivity contribution < 1.29 is 64.1 Å². The van der Waals surface area contributed by atoms with Crippen LogP contribution in [-0.4, -0.2) is 195 Å². The van der Waals surface area contributed by atoms with Crippen molar-refractivity contribution in [2.45, 2.75) is 118 Å². The Labute approximate surface area is 496 Å². The van der Waals surface area contributed by atoms with Gasteiger partial charge in [0.15, 0.2) is 0 Å². The molecule has 7 rings (SSSR count). The van der Waals surface area contributed by atoms with E-state index in [-0.39, 0.29) is 94.3 Å². The van der Waals surface area contributed by atoms with Gasteiger partial charge in [-0.3, -0.25) is 43.5 Å². The van der Waals surface area contributed by atoms with E-state index in [4.69, 9.17) is 19.7 Å². The van der Waals surface area contributed by atoms with Crippen molar-refractivity contribution in [3.05, 3.63) is 121 Å². The summed E-state index contributed by atoms with van der Waals surface area (Å²) in [5.74, 6) is -6.85. The van der Waals surface area contributed by atoms with E-state index in [9.17, 15) is 59.4 Å². The number of carbonyl (C=O) groups excluding carboxylic acids is 1. The van der Waals surface area contributed by atoms with Gasteiger partial charge in [0.2, 0.25) is 5.91 Å². The van der Waals surface area contributed by atoms with Crippen LogP contribution < -0.4 is 10.6 Å². The number of ether oxygens (including phenoxy) is 1. The fourth-order valence-corrected chi connectivity index (χ4v) is 11.6. The van der Waals surface area contributed by atoms with Gasteiger partial charge in [0.05, 0.1) is 73.1 Å². The van der Waals surface area contributed by atoms with E-state index in [1.165, 1.54) is 9.80 Å². The molecule has 8 N–H and O–H groups in total. The number of aliphatic hydroxyl groups is 1. The molecule has 2 unspecified atom stereocenters. The Balaban J connectivity index is 0.0000108. The van der Waals surface area contributed by atoms with Crippen LogP contribution in [0, 0.1) is 11.8 Å². The second-order valence-electron chi connectivity index (χ2n) is 21.6. The fourth-order valence-electron chi connectivity index (χ4n) is 11.6. The minimum Gasteiger partial charge on any atom is -0.511 e. The van der Waals surface area contributed by atoms with Crippen molar-refractivity contribution in [1.29, 1.82) is 0 Å². The maximum atomic E-state index is 14.0. The summed E-state index contributed by atoms with van der Waals surface area (Å²) >= 11 is 0. The van der Waals surface area contributed by atoms with Crippen LogP contribution in [0.4, 0.5) is 5.69 Å². The number of hydrogen-bond donors (Lipinski definition) is 8. The Hall–Kier alpha value is -6.72. The van der Waals surface area contributed by atoms with Gasteiger partial charge in [0, 0.05) is 90.8 Å². The average Bonchev–Trinajstić information content (AvgIpc) is 4.36. The van der Waals surface area contributed by atoms with Gasteiger partial charge in [-0.25, -0.2) is 15.0 Å². The molecule has 434 valence electrons. The van der Waals surface area contributed by atoms with Gasteiger partial charge in [-0.1, -0.05) is 52.2 Å². The summed E-state index contributed by atoms with van der Waals surface area (Å²) in [6.07, 6.45) is 11.9. The first-order chi connectivity index (χ1) is 38.5. The van der Waals surface area contributed by atoms with Gasteiger partial charge in [-0.2, -0.15) is 0 Å². The molecule has 1 amide bonds. The minimum atomic E-state index is -1.32. The normalized spacial score (nSPS) is 19.0. The topological polar surface area (TPSA) is 304 Å². The van der Waals surface area contributed by atoms with Crippen molar-refractivity contribution in [3.63, 3.8) is 0 Å². The predicted molar refractivity (Wildman–Crippen MR) is 312 cm³/mol. The Kier molecular flexibility index (Phi) is 22.8. The third-order valence-electron chi connectivity index (χ3n) is 15.7. The molecule has 0 saturated carbocycles. The molecule has 1 aromatic rings. The molecule has 1 saturated heterocycles. The number of carbonyl (C=O) groups is 6. The molecule has 6 aliphatic rings. The third-order valence-corrected chi connectivity index (χ3v) is 15.7. The molecule has 1 aromatic carbocycles. The molecular formula is C60H76InN8O13+3. The number of unbranched alkanes of at least 4 members (excludes halogenated alkanes) is 3. The SMILES string of the molecule is CCCCCCOC(C)C1=C(C)C2=NC1=CC1=NC(=CC3=C(C)C4=C(O)CC(=C5NC(=C2)[C@@H](C)[C@@H]5CCC(=O)Nc2ccc(CC(CN(CCN(CC(=O)O)CC(=O)O)CC(=O)O)N(CC(=O)O)CC(=O)O)cc2)C4=N3)C(CC)=C1C.[111In+3]. The molecule has 4 atom stereocenters. The van der Waals surface area contributed by atoms with Gasteiger partial charge in [-0.05, 0) is 112 Å². The van der Waals surface area contributed by atoms with E-state index in [1.54, 1.807) is 24.3 Å². The number of aliphatic hydroxyl groups excluding tert-OH is 1. The van der Waals surface area contributed by atoms with Crippen molar-refractivity contribution in [1.82, 2.24) is 20.0 Å². The van der Waals surface area contributed by atoms with Crippen LogP contribution in [-0.2, 0) is 39.9 Å². The van der Waals surface area contributed by atoms with Crippen molar-refractivity contribution in [2.24, 2.45) is 26.8 Å². The molecule has 8 bridgehead atoms. The van der Waals surface area contributed by atoms with E-state index in [0.29, 0.717) is 35.6 Å². The summed E-state index contributed by atoms with van der Waals surface area (Å²) in [4.78, 5) is 92.3. The van der Waals surface area contributed by atoms with Crippen LogP contribution in [0.25, 0.3) is 0 Å². The summed E-state index contributed by atoms with van der Waals surface area (Å²) in [7, 11) is 0. The number of hydrogen-bond acceptors (Lipinski definition) is 15. The number of anilines is 1. The number of rotatable bonds is 30. The molecular weight excluding hydrogens is 1150 g/mol. The number of allylic oxidation sites excluding steroid dienone is 11. The molecule has 5 heterocycles. The van der Waals surface area contributed by atoms with Crippen LogP contribution in [0.5, 0.6) is 0 Å². The monoisotopic (exact) mass is 1230 g/mol. The first-order valence-electron chi connectivity index (χ1n) is 27.8. The van der Waals surface area contributed by atoms with Crippen LogP contribution in [0.15, 0.2) is 131 Å². The van der Waals surface area contributed by atoms with Gasteiger partial charge in [0.1, 0.15) is 5.76 Å². The van der Waals surface area contributed by atoms with Gasteiger partial charge >= 0.3 is 55.7 Å². The van der Waals surface area contributed by atoms with E-state index >= 15 is 0 Å². The smallest absolute Gasteiger partial charge is 0.511 e. The second-order valence-corrected chi connectivity index (χ2v) is 21.6. The van der Waals surface area contributed by atoms with Gasteiger partial charge in [0.25, 0.3) is 0 Å². The zero-order valence-corrected chi connectivity index (χ0v) is 51.2. The van der Waals surface area contributed by atoms with E-state index < -0.39 is 68.6 Å². The molecule has 22 heteroatoms. The van der Waals surface area contributed by atoms with Gasteiger partial charge < -0.3 is 46.0 Å². The number of aliphatic carboxylic acids is 5. The number of nitrogens with zero attached hydrogens (tertiary/aromatic N) is 6. The average molecular weight is 1230 g/mol. The Morgan fingerprint density at radius 1 is 0.756 bits per heavy atom. The Morgan fingerprint density at radius 3 is 1.99 bits per heavy atom. The molecule has 0 aromatic heterocycles. The zero-order valence-electron chi connectivity index (χ0n) is 47.9. The number of benzene rings is 1. The summed E-state index contributed by atoms with van der Waals surface area (Å²) < 4.78 is 6.51. The molecule has 0 radical (unpaired) electrons.